The number of piperidine rings is 1. The first-order valence-electron chi connectivity index (χ1n) is 9.61. The predicted octanol–water partition coefficient (Wildman–Crippen LogP) is 1.79. The van der Waals surface area contributed by atoms with Gasteiger partial charge in [-0.15, -0.1) is 0 Å². The predicted molar refractivity (Wildman–Crippen MR) is 102 cm³/mol. The van der Waals surface area contributed by atoms with Crippen LogP contribution in [-0.4, -0.2) is 62.8 Å². The highest BCUT2D eigenvalue weighted by atomic mass is 32.2. The van der Waals surface area contributed by atoms with Gasteiger partial charge in [0.2, 0.25) is 10.0 Å². The molecule has 1 amide bonds. The molecule has 2 aliphatic heterocycles. The quantitative estimate of drug-likeness (QED) is 0.760. The number of nitrogens with zero attached hydrogens (tertiary/aromatic N) is 1. The van der Waals surface area contributed by atoms with E-state index in [4.69, 9.17) is 9.47 Å². The molecule has 8 heteroatoms. The van der Waals surface area contributed by atoms with E-state index in [0.717, 1.165) is 19.4 Å². The summed E-state index contributed by atoms with van der Waals surface area (Å²) >= 11 is 0. The second-order valence-electron chi connectivity index (χ2n) is 7.02. The Balaban J connectivity index is 1.50. The Morgan fingerprint density at radius 3 is 2.74 bits per heavy atom. The van der Waals surface area contributed by atoms with Gasteiger partial charge in [-0.25, -0.2) is 12.7 Å². The number of sulfonamides is 1. The maximum absolute atomic E-state index is 12.5. The lowest BCUT2D eigenvalue weighted by Crippen LogP contribution is -2.46. The molecular weight excluding hydrogens is 368 g/mol. The van der Waals surface area contributed by atoms with Crippen LogP contribution in [0.15, 0.2) is 24.3 Å². The molecule has 2 aliphatic rings. The molecule has 0 aliphatic carbocycles. The summed E-state index contributed by atoms with van der Waals surface area (Å²) in [6, 6.07) is 7.11. The van der Waals surface area contributed by atoms with Gasteiger partial charge in [-0.1, -0.05) is 6.07 Å². The maximum atomic E-state index is 12.5. The highest BCUT2D eigenvalue weighted by Gasteiger charge is 2.27. The number of ether oxygens (including phenoxy) is 2. The Morgan fingerprint density at radius 1 is 1.30 bits per heavy atom. The minimum absolute atomic E-state index is 0.0164. The van der Waals surface area contributed by atoms with E-state index in [-0.39, 0.29) is 23.8 Å². The molecule has 2 heterocycles. The summed E-state index contributed by atoms with van der Waals surface area (Å²) in [5, 5.41) is 3.01. The number of hydrogen-bond donors (Lipinski definition) is 1. The van der Waals surface area contributed by atoms with E-state index in [0.29, 0.717) is 43.9 Å². The molecule has 7 nitrogen and oxygen atoms in total. The molecule has 1 N–H and O–H groups in total. The van der Waals surface area contributed by atoms with Gasteiger partial charge < -0.3 is 14.8 Å². The zero-order valence-corrected chi connectivity index (χ0v) is 16.5. The van der Waals surface area contributed by atoms with Crippen LogP contribution in [0.2, 0.25) is 0 Å². The molecule has 0 unspecified atom stereocenters. The lowest BCUT2D eigenvalue weighted by Gasteiger charge is -2.31. The monoisotopic (exact) mass is 396 g/mol. The first kappa shape index (κ1) is 20.1. The van der Waals surface area contributed by atoms with Crippen molar-refractivity contribution in [3.63, 3.8) is 0 Å². The third kappa shape index (κ3) is 5.43. The van der Waals surface area contributed by atoms with Crippen molar-refractivity contribution in [2.75, 3.05) is 32.1 Å². The number of benzene rings is 1. The minimum atomic E-state index is -3.15. The summed E-state index contributed by atoms with van der Waals surface area (Å²) in [4.78, 5) is 12.5. The van der Waals surface area contributed by atoms with Crippen LogP contribution in [-0.2, 0) is 14.8 Å². The molecule has 3 rings (SSSR count). The molecule has 0 aromatic heterocycles. The number of hydrogen-bond acceptors (Lipinski definition) is 5. The third-order valence-corrected chi connectivity index (χ3v) is 6.98. The van der Waals surface area contributed by atoms with E-state index in [1.165, 1.54) is 4.31 Å². The highest BCUT2D eigenvalue weighted by molar-refractivity contribution is 7.89. The number of amides is 1. The fourth-order valence-electron chi connectivity index (χ4n) is 3.42. The first-order valence-corrected chi connectivity index (χ1v) is 11.2. The Bertz CT molecular complexity index is 738. The van der Waals surface area contributed by atoms with Gasteiger partial charge >= 0.3 is 0 Å². The largest absolute Gasteiger partial charge is 0.491 e. The minimum Gasteiger partial charge on any atom is -0.491 e. The Morgan fingerprint density at radius 2 is 2.07 bits per heavy atom. The van der Waals surface area contributed by atoms with E-state index < -0.39 is 10.0 Å². The van der Waals surface area contributed by atoms with Gasteiger partial charge in [0.1, 0.15) is 12.4 Å². The Hall–Kier alpha value is -1.64. The number of carbonyl (C=O) groups excluding carboxylic acids is 1. The summed E-state index contributed by atoms with van der Waals surface area (Å²) in [5.41, 5.74) is 0.545. The molecule has 2 saturated heterocycles. The average molecular weight is 397 g/mol. The number of nitrogens with one attached hydrogen (secondary N) is 1. The van der Waals surface area contributed by atoms with E-state index in [9.17, 15) is 13.2 Å². The van der Waals surface area contributed by atoms with Crippen molar-refractivity contribution in [2.24, 2.45) is 0 Å². The zero-order valence-electron chi connectivity index (χ0n) is 15.7. The molecule has 150 valence electrons. The molecule has 1 aromatic rings. The second-order valence-corrected chi connectivity index (χ2v) is 9.28. The van der Waals surface area contributed by atoms with Crippen LogP contribution >= 0.6 is 0 Å². The lowest BCUT2D eigenvalue weighted by molar-refractivity contribution is 0.0679. The van der Waals surface area contributed by atoms with Crippen LogP contribution in [0.25, 0.3) is 0 Å². The van der Waals surface area contributed by atoms with Crippen molar-refractivity contribution in [3.05, 3.63) is 29.8 Å². The van der Waals surface area contributed by atoms with Crippen LogP contribution in [0.3, 0.4) is 0 Å². The van der Waals surface area contributed by atoms with Gasteiger partial charge in [0.05, 0.1) is 11.9 Å². The van der Waals surface area contributed by atoms with Crippen molar-refractivity contribution in [1.82, 2.24) is 9.62 Å². The van der Waals surface area contributed by atoms with Crippen LogP contribution in [0, 0.1) is 0 Å². The van der Waals surface area contributed by atoms with Crippen LogP contribution in [0.1, 0.15) is 43.0 Å². The van der Waals surface area contributed by atoms with Crippen molar-refractivity contribution < 1.29 is 22.7 Å². The second kappa shape index (κ2) is 9.03. The zero-order chi connectivity index (χ0) is 19.3. The third-order valence-electron chi connectivity index (χ3n) is 5.10. The summed E-state index contributed by atoms with van der Waals surface area (Å²) < 4.78 is 36.6. The molecule has 0 radical (unpaired) electrons. The Kier molecular flexibility index (Phi) is 6.73. The molecular formula is C19H28N2O5S. The molecule has 2 fully saturated rings. The molecule has 1 atom stereocenters. The highest BCUT2D eigenvalue weighted by Crippen LogP contribution is 2.19. The van der Waals surface area contributed by atoms with E-state index in [1.807, 2.05) is 6.07 Å². The fraction of sp³-hybridized carbons (Fsp3) is 0.632. The van der Waals surface area contributed by atoms with E-state index in [1.54, 1.807) is 25.1 Å². The smallest absolute Gasteiger partial charge is 0.251 e. The number of rotatable bonds is 7. The average Bonchev–Trinajstić information content (AvgIpc) is 3.21. The van der Waals surface area contributed by atoms with Crippen LogP contribution in [0.5, 0.6) is 5.75 Å². The van der Waals surface area contributed by atoms with Gasteiger partial charge in [0, 0.05) is 31.3 Å². The van der Waals surface area contributed by atoms with Gasteiger partial charge in [-0.3, -0.25) is 4.79 Å². The van der Waals surface area contributed by atoms with Crippen molar-refractivity contribution >= 4 is 15.9 Å². The van der Waals surface area contributed by atoms with Gasteiger partial charge in [-0.05, 0) is 50.8 Å². The van der Waals surface area contributed by atoms with Gasteiger partial charge in [0.15, 0.2) is 0 Å². The molecule has 27 heavy (non-hydrogen) atoms. The number of carbonyl (C=O) groups is 1. The van der Waals surface area contributed by atoms with Crippen molar-refractivity contribution in [1.29, 1.82) is 0 Å². The summed E-state index contributed by atoms with van der Waals surface area (Å²) in [6.45, 7) is 3.83. The van der Waals surface area contributed by atoms with E-state index >= 15 is 0 Å². The summed E-state index contributed by atoms with van der Waals surface area (Å²) in [7, 11) is -3.15. The molecule has 0 saturated carbocycles. The van der Waals surface area contributed by atoms with Crippen molar-refractivity contribution in [3.8, 4) is 5.75 Å². The normalized spacial score (nSPS) is 21.9. The SMILES string of the molecule is CCS(=O)(=O)N1CCC(NC(=O)c2cccc(OC[C@@H]3CCCO3)c2)CC1. The maximum Gasteiger partial charge on any atom is 0.251 e. The Labute approximate surface area is 161 Å². The van der Waals surface area contributed by atoms with Crippen LogP contribution in [0.4, 0.5) is 0 Å². The standard InChI is InChI=1S/C19H28N2O5S/c1-2-27(23,24)21-10-8-16(9-11-21)20-19(22)15-5-3-6-17(13-15)26-14-18-7-4-12-25-18/h3,5-6,13,16,18H,2,4,7-12,14H2,1H3,(H,20,22)/t18-/m0/s1. The van der Waals surface area contributed by atoms with Gasteiger partial charge in [-0.2, -0.15) is 0 Å². The van der Waals surface area contributed by atoms with E-state index in [2.05, 4.69) is 5.32 Å². The summed E-state index contributed by atoms with van der Waals surface area (Å²) in [6.07, 6.45) is 3.45. The van der Waals surface area contributed by atoms with Crippen LogP contribution < -0.4 is 10.1 Å². The molecule has 0 spiro atoms. The molecule has 1 aromatic carbocycles. The fourth-order valence-corrected chi connectivity index (χ4v) is 4.55. The molecule has 0 bridgehead atoms. The summed E-state index contributed by atoms with van der Waals surface area (Å²) in [5.74, 6) is 0.610. The van der Waals surface area contributed by atoms with Crippen molar-refractivity contribution in [2.45, 2.75) is 44.8 Å². The topological polar surface area (TPSA) is 84.9 Å². The van der Waals surface area contributed by atoms with Gasteiger partial charge in [0.25, 0.3) is 5.91 Å². The first-order chi connectivity index (χ1) is 13.0. The lowest BCUT2D eigenvalue weighted by atomic mass is 10.1.